The highest BCUT2D eigenvalue weighted by atomic mass is 16.5. The predicted octanol–water partition coefficient (Wildman–Crippen LogP) is 5.45. The number of carbonyl (C=O) groups excluding carboxylic acids is 2. The van der Waals surface area contributed by atoms with Crippen LogP contribution >= 0.6 is 0 Å². The number of aliphatic hydroxyl groups is 3. The molecule has 0 aromatic rings. The largest absolute Gasteiger partial charge is 0.481 e. The molecule has 1 heterocycles. The summed E-state index contributed by atoms with van der Waals surface area (Å²) in [6.07, 6.45) is 15.9. The summed E-state index contributed by atoms with van der Waals surface area (Å²) in [7, 11) is 0. The van der Waals surface area contributed by atoms with Crippen molar-refractivity contribution in [1.82, 2.24) is 10.2 Å². The van der Waals surface area contributed by atoms with Crippen molar-refractivity contribution in [3.05, 3.63) is 0 Å². The van der Waals surface area contributed by atoms with E-state index in [4.69, 9.17) is 9.84 Å². The topological polar surface area (TPSA) is 157 Å². The molecule has 10 nitrogen and oxygen atoms in total. The van der Waals surface area contributed by atoms with Crippen molar-refractivity contribution in [3.8, 4) is 0 Å². The van der Waals surface area contributed by atoms with Crippen LogP contribution in [0.5, 0.6) is 0 Å². The van der Waals surface area contributed by atoms with Crippen LogP contribution in [0.1, 0.15) is 155 Å². The molecule has 5 N–H and O–H groups in total. The van der Waals surface area contributed by atoms with Crippen LogP contribution < -0.4 is 5.32 Å². The SMILES string of the molecule is CCCCCCCCCCCCN(C(=O)CCCCCCCCCCC)[C@@H]1O[C@H](CO)[C@H](O)[C@H](O)[C@H]1NC(=O)CCC(=O)O. The van der Waals surface area contributed by atoms with E-state index in [9.17, 15) is 29.7 Å². The van der Waals surface area contributed by atoms with Crippen molar-refractivity contribution in [1.29, 1.82) is 0 Å². The maximum Gasteiger partial charge on any atom is 0.303 e. The van der Waals surface area contributed by atoms with Crippen LogP contribution in [0.25, 0.3) is 0 Å². The van der Waals surface area contributed by atoms with Gasteiger partial charge in [0, 0.05) is 19.4 Å². The third-order valence-corrected chi connectivity index (χ3v) is 8.67. The Morgan fingerprint density at radius 2 is 1.14 bits per heavy atom. The number of unbranched alkanes of at least 4 members (excludes halogenated alkanes) is 17. The zero-order chi connectivity index (χ0) is 32.6. The van der Waals surface area contributed by atoms with Crippen molar-refractivity contribution in [2.75, 3.05) is 13.2 Å². The van der Waals surface area contributed by atoms with E-state index in [1.807, 2.05) is 0 Å². The molecule has 1 saturated heterocycles. The monoisotopic (exact) mass is 628 g/mol. The Kier molecular flexibility index (Phi) is 23.3. The smallest absolute Gasteiger partial charge is 0.303 e. The molecule has 44 heavy (non-hydrogen) atoms. The van der Waals surface area contributed by atoms with E-state index in [0.717, 1.165) is 51.4 Å². The molecule has 2 amide bonds. The highest BCUT2D eigenvalue weighted by Gasteiger charge is 2.48. The minimum atomic E-state index is -1.50. The Morgan fingerprint density at radius 1 is 0.659 bits per heavy atom. The van der Waals surface area contributed by atoms with Gasteiger partial charge in [-0.15, -0.1) is 0 Å². The van der Waals surface area contributed by atoms with Crippen LogP contribution in [0.15, 0.2) is 0 Å². The zero-order valence-electron chi connectivity index (χ0n) is 27.7. The Balaban J connectivity index is 2.84. The summed E-state index contributed by atoms with van der Waals surface area (Å²) < 4.78 is 5.99. The third-order valence-electron chi connectivity index (χ3n) is 8.67. The number of nitrogens with one attached hydrogen (secondary N) is 1. The quantitative estimate of drug-likeness (QED) is 0.0753. The van der Waals surface area contributed by atoms with E-state index >= 15 is 0 Å². The van der Waals surface area contributed by atoms with E-state index in [-0.39, 0.29) is 18.7 Å². The zero-order valence-corrected chi connectivity index (χ0v) is 27.7. The fourth-order valence-electron chi connectivity index (χ4n) is 5.89. The maximum atomic E-state index is 13.6. The summed E-state index contributed by atoms with van der Waals surface area (Å²) in [5.74, 6) is -1.90. The van der Waals surface area contributed by atoms with Gasteiger partial charge in [0.2, 0.25) is 11.8 Å². The predicted molar refractivity (Wildman–Crippen MR) is 172 cm³/mol. The van der Waals surface area contributed by atoms with Crippen LogP contribution in [-0.2, 0) is 19.1 Å². The number of carboxylic acid groups (broad SMARTS) is 1. The molecule has 0 spiro atoms. The van der Waals surface area contributed by atoms with E-state index in [0.29, 0.717) is 13.0 Å². The fourth-order valence-corrected chi connectivity index (χ4v) is 5.89. The van der Waals surface area contributed by atoms with Gasteiger partial charge in [0.15, 0.2) is 6.23 Å². The summed E-state index contributed by atoms with van der Waals surface area (Å²) >= 11 is 0. The molecule has 0 unspecified atom stereocenters. The number of aliphatic hydroxyl groups excluding tert-OH is 3. The van der Waals surface area contributed by atoms with Gasteiger partial charge >= 0.3 is 5.97 Å². The Labute approximate surface area is 266 Å². The molecule has 1 fully saturated rings. The van der Waals surface area contributed by atoms with Gasteiger partial charge in [0.05, 0.1) is 13.0 Å². The first kappa shape index (κ1) is 40.3. The average molecular weight is 629 g/mol. The van der Waals surface area contributed by atoms with E-state index < -0.39 is 49.1 Å². The Morgan fingerprint density at radius 3 is 1.61 bits per heavy atom. The minimum Gasteiger partial charge on any atom is -0.481 e. The Hall–Kier alpha value is -1.75. The van der Waals surface area contributed by atoms with E-state index in [1.165, 1.54) is 70.6 Å². The summed E-state index contributed by atoms with van der Waals surface area (Å²) in [6, 6.07) is -1.16. The van der Waals surface area contributed by atoms with Gasteiger partial charge in [-0.2, -0.15) is 0 Å². The van der Waals surface area contributed by atoms with Gasteiger partial charge in [-0.3, -0.25) is 14.4 Å². The van der Waals surface area contributed by atoms with Gasteiger partial charge < -0.3 is 35.4 Å². The first-order valence-electron chi connectivity index (χ1n) is 17.7. The maximum absolute atomic E-state index is 13.6. The number of carbonyl (C=O) groups is 3. The van der Waals surface area contributed by atoms with Crippen LogP contribution in [-0.4, -0.2) is 86.8 Å². The molecule has 5 atom stereocenters. The number of nitrogens with zero attached hydrogens (tertiary/aromatic N) is 1. The normalized spacial score (nSPS) is 21.7. The van der Waals surface area contributed by atoms with Crippen LogP contribution in [0, 0.1) is 0 Å². The molecule has 0 saturated carbocycles. The number of carboxylic acids is 1. The number of aliphatic carboxylic acids is 1. The highest BCUT2D eigenvalue weighted by molar-refractivity contribution is 5.81. The Bertz CT molecular complexity index is 768. The second kappa shape index (κ2) is 25.4. The highest BCUT2D eigenvalue weighted by Crippen LogP contribution is 2.26. The number of amides is 2. The lowest BCUT2D eigenvalue weighted by molar-refractivity contribution is -0.231. The van der Waals surface area contributed by atoms with Gasteiger partial charge in [-0.25, -0.2) is 0 Å². The van der Waals surface area contributed by atoms with Gasteiger partial charge in [0.1, 0.15) is 24.4 Å². The second-order valence-electron chi connectivity index (χ2n) is 12.6. The van der Waals surface area contributed by atoms with Crippen LogP contribution in [0.4, 0.5) is 0 Å². The van der Waals surface area contributed by atoms with E-state index in [1.54, 1.807) is 4.90 Å². The lowest BCUT2D eigenvalue weighted by Crippen LogP contribution is -2.68. The first-order valence-corrected chi connectivity index (χ1v) is 17.7. The number of hydrogen-bond acceptors (Lipinski definition) is 7. The molecule has 0 bridgehead atoms. The molecule has 0 aromatic carbocycles. The minimum absolute atomic E-state index is 0.154. The van der Waals surface area contributed by atoms with Crippen molar-refractivity contribution in [3.63, 3.8) is 0 Å². The van der Waals surface area contributed by atoms with Crippen molar-refractivity contribution >= 4 is 17.8 Å². The molecule has 1 aliphatic heterocycles. The standard InChI is InChI=1S/C34H64N2O8/c1-3-5-7-9-11-13-15-17-19-21-25-36(29(39)22-20-18-16-14-12-10-8-6-4-2)34-31(35-28(38)23-24-30(40)41)33(43)32(42)27(26-37)44-34/h27,31-34,37,42-43H,3-26H2,1-2H3,(H,35,38)(H,40,41)/t27-,31-,32+,33-,34-/m1/s1. The summed E-state index contributed by atoms with van der Waals surface area (Å²) in [4.78, 5) is 38.7. The number of rotatable bonds is 27. The summed E-state index contributed by atoms with van der Waals surface area (Å²) in [5, 5.41) is 42.9. The fraction of sp³-hybridized carbons (Fsp3) is 0.912. The number of hydrogen-bond donors (Lipinski definition) is 5. The molecule has 0 aromatic heterocycles. The molecule has 258 valence electrons. The van der Waals surface area contributed by atoms with Gasteiger partial charge in [-0.1, -0.05) is 123 Å². The van der Waals surface area contributed by atoms with Gasteiger partial charge in [0.25, 0.3) is 0 Å². The summed E-state index contributed by atoms with van der Waals surface area (Å²) in [6.45, 7) is 4.22. The van der Waals surface area contributed by atoms with E-state index in [2.05, 4.69) is 19.2 Å². The van der Waals surface area contributed by atoms with Crippen molar-refractivity contribution in [2.24, 2.45) is 0 Å². The molecule has 0 aliphatic carbocycles. The molecular formula is C34H64N2O8. The lowest BCUT2D eigenvalue weighted by atomic mass is 9.94. The molecule has 1 rings (SSSR count). The lowest BCUT2D eigenvalue weighted by Gasteiger charge is -2.47. The second-order valence-corrected chi connectivity index (χ2v) is 12.6. The third kappa shape index (κ3) is 17.1. The summed E-state index contributed by atoms with van der Waals surface area (Å²) in [5.41, 5.74) is 0. The van der Waals surface area contributed by atoms with Crippen molar-refractivity contribution < 1.29 is 39.5 Å². The van der Waals surface area contributed by atoms with Gasteiger partial charge in [-0.05, 0) is 12.8 Å². The van der Waals surface area contributed by atoms with Crippen LogP contribution in [0.3, 0.4) is 0 Å². The molecule has 0 radical (unpaired) electrons. The van der Waals surface area contributed by atoms with Crippen molar-refractivity contribution in [2.45, 2.75) is 186 Å². The number of ether oxygens (including phenoxy) is 1. The first-order chi connectivity index (χ1) is 21.3. The average Bonchev–Trinajstić information content (AvgIpc) is 3.00. The molecule has 1 aliphatic rings. The molecular weight excluding hydrogens is 564 g/mol. The van der Waals surface area contributed by atoms with Crippen LogP contribution in [0.2, 0.25) is 0 Å². The molecule has 10 heteroatoms.